The molecule has 0 saturated heterocycles. The molecule has 0 spiro atoms. The molecule has 2 nitrogen and oxygen atoms in total. The summed E-state index contributed by atoms with van der Waals surface area (Å²) < 4.78 is 1.49. The molecule has 1 heterocycles. The number of hydrogen-bond donors (Lipinski definition) is 0. The zero-order valence-corrected chi connectivity index (χ0v) is 34.0. The Bertz CT molecular complexity index is 1230. The SMILES string of the molecule is C=C[CH2-].C=C[CH2-].CCCCCCCCCCCCCCCC1=C(c2cccc(CCCCC)c2)[N+](=[N-])C(c2cccc(CCCCC)c2)=C1.[Pd+2]. The summed E-state index contributed by atoms with van der Waals surface area (Å²) in [6, 6.07) is 17.8. The number of benzene rings is 2. The quantitative estimate of drug-likeness (QED) is 0.0440. The van der Waals surface area contributed by atoms with Crippen LogP contribution in [0.2, 0.25) is 0 Å². The molecule has 3 heteroatoms. The Balaban J connectivity index is 0.00000319. The van der Waals surface area contributed by atoms with Gasteiger partial charge in [0.2, 0.25) is 11.4 Å². The van der Waals surface area contributed by atoms with Gasteiger partial charge < -0.3 is 5.53 Å². The van der Waals surface area contributed by atoms with Gasteiger partial charge in [-0.3, -0.25) is 0 Å². The van der Waals surface area contributed by atoms with E-state index in [1.165, 1.54) is 156 Å². The van der Waals surface area contributed by atoms with Gasteiger partial charge in [-0.05, 0) is 73.9 Å². The summed E-state index contributed by atoms with van der Waals surface area (Å²) in [4.78, 5) is 0. The van der Waals surface area contributed by atoms with Crippen LogP contribution in [0.5, 0.6) is 0 Å². The van der Waals surface area contributed by atoms with Crippen LogP contribution in [-0.4, -0.2) is 4.70 Å². The van der Waals surface area contributed by atoms with Gasteiger partial charge >= 0.3 is 20.4 Å². The molecule has 0 amide bonds. The molecule has 0 atom stereocenters. The van der Waals surface area contributed by atoms with Gasteiger partial charge in [0.15, 0.2) is 0 Å². The van der Waals surface area contributed by atoms with Crippen molar-refractivity contribution in [1.82, 2.24) is 0 Å². The number of unbranched alkanes of at least 4 members (excludes halogenated alkanes) is 16. The summed E-state index contributed by atoms with van der Waals surface area (Å²) in [5.74, 6) is 0. The van der Waals surface area contributed by atoms with Crippen molar-refractivity contribution >= 4 is 11.4 Å². The molecule has 0 unspecified atom stereocenters. The van der Waals surface area contributed by atoms with E-state index in [4.69, 9.17) is 0 Å². The van der Waals surface area contributed by atoms with Crippen LogP contribution in [0.15, 0.2) is 85.5 Å². The Morgan fingerprint density at radius 1 is 0.560 bits per heavy atom. The zero-order chi connectivity index (χ0) is 36.0. The first-order valence-corrected chi connectivity index (χ1v) is 19.9. The number of nitrogens with zero attached hydrogens (tertiary/aromatic N) is 2. The Kier molecular flexibility index (Phi) is 30.6. The van der Waals surface area contributed by atoms with E-state index >= 15 is 0 Å². The topological polar surface area (TPSA) is 25.3 Å². The van der Waals surface area contributed by atoms with Crippen molar-refractivity contribution in [2.24, 2.45) is 0 Å². The summed E-state index contributed by atoms with van der Waals surface area (Å²) in [6.07, 6.45) is 33.8. The summed E-state index contributed by atoms with van der Waals surface area (Å²) in [5, 5.41) is 0. The molecule has 0 aliphatic carbocycles. The second-order valence-corrected chi connectivity index (χ2v) is 13.6. The van der Waals surface area contributed by atoms with Crippen LogP contribution in [0, 0.1) is 13.8 Å². The maximum Gasteiger partial charge on any atom is 2.00 e. The number of rotatable bonds is 24. The van der Waals surface area contributed by atoms with E-state index in [0.717, 1.165) is 41.8 Å². The van der Waals surface area contributed by atoms with Gasteiger partial charge in [0, 0.05) is 22.8 Å². The van der Waals surface area contributed by atoms with E-state index in [1.807, 2.05) is 0 Å². The van der Waals surface area contributed by atoms with Gasteiger partial charge in [0.1, 0.15) is 0 Å². The fourth-order valence-corrected chi connectivity index (χ4v) is 6.51. The Hall–Kier alpha value is -2.60. The summed E-state index contributed by atoms with van der Waals surface area (Å²) >= 11 is 0. The fraction of sp³-hybridized carbons (Fsp3) is 0.532. The van der Waals surface area contributed by atoms with Crippen molar-refractivity contribution in [1.29, 1.82) is 0 Å². The van der Waals surface area contributed by atoms with Gasteiger partial charge in [0.05, 0.1) is 0 Å². The van der Waals surface area contributed by atoms with Crippen LogP contribution in [0.3, 0.4) is 0 Å². The second-order valence-electron chi connectivity index (χ2n) is 13.6. The monoisotopic (exact) mass is 770 g/mol. The summed E-state index contributed by atoms with van der Waals surface area (Å²) in [6.45, 7) is 19.8. The minimum Gasteiger partial charge on any atom is -0.493 e. The van der Waals surface area contributed by atoms with Gasteiger partial charge in [0.25, 0.3) is 0 Å². The number of hydrogen-bond acceptors (Lipinski definition) is 0. The predicted octanol–water partition coefficient (Wildman–Crippen LogP) is 15.4. The van der Waals surface area contributed by atoms with Crippen molar-refractivity contribution in [2.75, 3.05) is 0 Å². The van der Waals surface area contributed by atoms with E-state index in [2.05, 4.69) is 102 Å². The standard InChI is InChI=1S/C41H62N2.2C3H5.Pd/c1-4-7-10-11-12-13-14-15-16-17-18-19-22-29-39-34-40(37-30-23-27-35(32-37)25-20-8-5-2)43(42)41(39)38-31-24-28-36(33-38)26-21-9-6-3;2*1-3-2;/h23-24,27-28,30-34H,4-22,25-26,29H2,1-3H3;2*3H,1-2H2;/q;2*-1;+2. The molecular formula is C47H72N2Pd. The van der Waals surface area contributed by atoms with Crippen molar-refractivity contribution in [3.8, 4) is 0 Å². The van der Waals surface area contributed by atoms with Crippen molar-refractivity contribution in [3.63, 3.8) is 0 Å². The van der Waals surface area contributed by atoms with Crippen molar-refractivity contribution in [2.45, 2.75) is 162 Å². The van der Waals surface area contributed by atoms with E-state index < -0.39 is 0 Å². The Morgan fingerprint density at radius 2 is 0.920 bits per heavy atom. The summed E-state index contributed by atoms with van der Waals surface area (Å²) in [5.41, 5.74) is 19.8. The van der Waals surface area contributed by atoms with Gasteiger partial charge in [-0.25, -0.2) is 43.9 Å². The van der Waals surface area contributed by atoms with E-state index in [0.29, 0.717) is 0 Å². The molecule has 0 bridgehead atoms. The van der Waals surface area contributed by atoms with E-state index in [9.17, 15) is 5.53 Å². The maximum atomic E-state index is 11.6. The van der Waals surface area contributed by atoms with E-state index in [1.54, 1.807) is 0 Å². The van der Waals surface area contributed by atoms with Crippen LogP contribution >= 0.6 is 0 Å². The van der Waals surface area contributed by atoms with Gasteiger partial charge in [-0.15, -0.1) is 0 Å². The molecule has 1 aliphatic heterocycles. The van der Waals surface area contributed by atoms with E-state index in [-0.39, 0.29) is 20.4 Å². The molecule has 50 heavy (non-hydrogen) atoms. The number of aryl methyl sites for hydroxylation is 2. The number of allylic oxidation sites excluding steroid dienone is 4. The fourth-order valence-electron chi connectivity index (χ4n) is 6.51. The molecular weight excluding hydrogens is 699 g/mol. The Labute approximate surface area is 324 Å². The molecule has 0 radical (unpaired) electrons. The van der Waals surface area contributed by atoms with Crippen LogP contribution in [0.25, 0.3) is 16.9 Å². The minimum absolute atomic E-state index is 0. The third-order valence-electron chi connectivity index (χ3n) is 9.17. The molecule has 0 saturated carbocycles. The molecule has 0 N–H and O–H groups in total. The van der Waals surface area contributed by atoms with Gasteiger partial charge in [-0.2, -0.15) is 0 Å². The third-order valence-corrected chi connectivity index (χ3v) is 9.17. The average Bonchev–Trinajstić information content (AvgIpc) is 3.43. The first-order valence-electron chi connectivity index (χ1n) is 19.9. The Morgan fingerprint density at radius 3 is 1.38 bits per heavy atom. The van der Waals surface area contributed by atoms with Crippen LogP contribution < -0.4 is 0 Å². The predicted molar refractivity (Wildman–Crippen MR) is 219 cm³/mol. The molecule has 2 aromatic rings. The average molecular weight is 772 g/mol. The molecule has 2 aromatic carbocycles. The minimum atomic E-state index is 0. The van der Waals surface area contributed by atoms with Gasteiger partial charge in [-0.1, -0.05) is 148 Å². The van der Waals surface area contributed by atoms with Crippen molar-refractivity contribution in [3.05, 3.63) is 127 Å². The normalized spacial score (nSPS) is 11.9. The molecule has 3 rings (SSSR count). The van der Waals surface area contributed by atoms with Crippen LogP contribution in [-0.2, 0) is 33.3 Å². The third kappa shape index (κ3) is 20.3. The zero-order valence-electron chi connectivity index (χ0n) is 32.4. The molecule has 280 valence electrons. The first-order chi connectivity index (χ1) is 24.0. The van der Waals surface area contributed by atoms with Crippen molar-refractivity contribution < 1.29 is 25.1 Å². The van der Waals surface area contributed by atoms with Crippen LogP contribution in [0.1, 0.15) is 171 Å². The molecule has 1 aliphatic rings. The first kappa shape index (κ1) is 47.4. The smallest absolute Gasteiger partial charge is 0.493 e. The molecule has 0 fully saturated rings. The summed E-state index contributed by atoms with van der Waals surface area (Å²) in [7, 11) is 0. The second kappa shape index (κ2) is 32.3. The molecule has 0 aromatic heterocycles. The largest absolute Gasteiger partial charge is 2.00 e. The van der Waals surface area contributed by atoms with Crippen LogP contribution in [0.4, 0.5) is 0 Å². The maximum absolute atomic E-state index is 11.6.